The number of rotatable bonds is 4. The summed E-state index contributed by atoms with van der Waals surface area (Å²) >= 11 is 10.5. The van der Waals surface area contributed by atoms with Gasteiger partial charge in [-0.15, -0.1) is 0 Å². The number of hydrogen-bond acceptors (Lipinski definition) is 6. The highest BCUT2D eigenvalue weighted by Gasteiger charge is 2.47. The van der Waals surface area contributed by atoms with Crippen molar-refractivity contribution < 1.29 is 33.4 Å². The summed E-state index contributed by atoms with van der Waals surface area (Å²) in [6.45, 7) is -0.0605. The molecule has 0 aliphatic carbocycles. The summed E-state index contributed by atoms with van der Waals surface area (Å²) in [5.41, 5.74) is 5.40. The normalized spacial score (nSPS) is 31.8. The zero-order valence-corrected chi connectivity index (χ0v) is 13.5. The predicted molar refractivity (Wildman–Crippen MR) is 78.7 cm³/mol. The first kappa shape index (κ1) is 17.5. The summed E-state index contributed by atoms with van der Waals surface area (Å²) in [5.74, 6) is -0.622. The van der Waals surface area contributed by atoms with Gasteiger partial charge in [0.05, 0.1) is 6.61 Å². The predicted octanol–water partition coefficient (Wildman–Crippen LogP) is 0.0593. The number of hydrogen-bond donors (Lipinski definition) is 3. The summed E-state index contributed by atoms with van der Waals surface area (Å²) in [7, 11) is 0. The molecule has 1 saturated heterocycles. The third-order valence-electron chi connectivity index (χ3n) is 3.08. The molecule has 1 fully saturated rings. The molecule has 0 aromatic rings. The van der Waals surface area contributed by atoms with Gasteiger partial charge in [-0.2, -0.15) is 4.58 Å². The summed E-state index contributed by atoms with van der Waals surface area (Å²) in [5, 5.41) is 19.9. The van der Waals surface area contributed by atoms with E-state index in [9.17, 15) is 19.6 Å². The Morgan fingerprint density at radius 2 is 2.23 bits per heavy atom. The van der Waals surface area contributed by atoms with Gasteiger partial charge in [0.1, 0.15) is 11.7 Å². The largest absolute Gasteiger partial charge is 0.437 e. The van der Waals surface area contributed by atoms with E-state index in [1.807, 2.05) is 0 Å². The van der Waals surface area contributed by atoms with Crippen molar-refractivity contribution >= 4 is 40.4 Å². The Balaban J connectivity index is 2.19. The smallest absolute Gasteiger partial charge is 0.380 e. The number of ether oxygens (including phenoxy) is 1. The van der Waals surface area contributed by atoms with Crippen LogP contribution >= 0.6 is 28.6 Å². The van der Waals surface area contributed by atoms with Gasteiger partial charge in [-0.3, -0.25) is 9.36 Å². The monoisotopic (exact) mass is 371 g/mol. The van der Waals surface area contributed by atoms with Crippen LogP contribution in [0.4, 0.5) is 0 Å². The molecular weight excluding hydrogens is 358 g/mol. The van der Waals surface area contributed by atoms with E-state index in [1.165, 1.54) is 16.9 Å². The third kappa shape index (κ3) is 4.10. The molecule has 0 aromatic heterocycles. The minimum atomic E-state index is -3.77. The molecule has 122 valence electrons. The van der Waals surface area contributed by atoms with Crippen molar-refractivity contribution in [1.29, 1.82) is 0 Å². The molecule has 11 heteroatoms. The fourth-order valence-corrected chi connectivity index (χ4v) is 2.69. The number of aliphatic hydroxyl groups excluding tert-OH is 2. The Hall–Kier alpha value is -0.890. The zero-order chi connectivity index (χ0) is 16.5. The number of aliphatic hydroxyl groups is 2. The second-order valence-corrected chi connectivity index (χ2v) is 8.92. The highest BCUT2D eigenvalue weighted by atomic mass is 35.9. The van der Waals surface area contributed by atoms with Gasteiger partial charge in [-0.05, 0) is 34.6 Å². The number of nitrogens with two attached hydrogens (primary N) is 1. The molecule has 0 spiro atoms. The van der Waals surface area contributed by atoms with Crippen molar-refractivity contribution in [3.63, 3.8) is 0 Å². The highest BCUT2D eigenvalue weighted by molar-refractivity contribution is 8.05. The lowest BCUT2D eigenvalue weighted by atomic mass is 10.1. The van der Waals surface area contributed by atoms with E-state index in [1.54, 1.807) is 6.08 Å². The van der Waals surface area contributed by atoms with Crippen LogP contribution in [0.5, 0.6) is 0 Å². The average Bonchev–Trinajstić information content (AvgIpc) is 2.72. The molecule has 4 N–H and O–H groups in total. The first-order valence-corrected chi connectivity index (χ1v) is 9.61. The molecule has 3 atom stereocenters. The van der Waals surface area contributed by atoms with Crippen LogP contribution in [-0.2, 0) is 18.6 Å². The summed E-state index contributed by atoms with van der Waals surface area (Å²) < 4.78 is 22.6. The van der Waals surface area contributed by atoms with Crippen LogP contribution < -0.4 is 5.73 Å². The topological polar surface area (TPSA) is 122 Å². The maximum absolute atomic E-state index is 11.2. The highest BCUT2D eigenvalue weighted by Crippen LogP contribution is 2.57. The van der Waals surface area contributed by atoms with E-state index in [2.05, 4.69) is 4.52 Å². The fourth-order valence-electron chi connectivity index (χ4n) is 2.03. The van der Waals surface area contributed by atoms with Crippen LogP contribution in [0.2, 0.25) is 0 Å². The number of carbonyl (C=O) groups excluding carboxylic acids is 1. The molecule has 2 heterocycles. The Labute approximate surface area is 135 Å². The van der Waals surface area contributed by atoms with E-state index in [4.69, 9.17) is 33.0 Å². The van der Waals surface area contributed by atoms with Crippen molar-refractivity contribution in [2.45, 2.75) is 18.3 Å². The summed E-state index contributed by atoms with van der Waals surface area (Å²) in [6.07, 6.45) is -2.89. The van der Waals surface area contributed by atoms with Gasteiger partial charge in [0.25, 0.3) is 5.91 Å². The molecule has 2 aliphatic rings. The van der Waals surface area contributed by atoms with Gasteiger partial charge in [-0.1, -0.05) is 0 Å². The van der Waals surface area contributed by atoms with E-state index < -0.39 is 30.3 Å². The Morgan fingerprint density at radius 1 is 1.55 bits per heavy atom. The average molecular weight is 372 g/mol. The molecule has 2 aliphatic heterocycles. The number of halogens is 2. The number of nitrogens with zero attached hydrogens (tertiary/aromatic N) is 1. The SMILES string of the molecule is NC(=O)C1=C[N+](=C2O[C@H](COP(=O)(Cl)Cl)[C@@H](O)[C@H]2O)CC=C1. The van der Waals surface area contributed by atoms with Gasteiger partial charge in [0.2, 0.25) is 6.10 Å². The maximum Gasteiger partial charge on any atom is 0.380 e. The summed E-state index contributed by atoms with van der Waals surface area (Å²) in [6, 6.07) is 0. The number of carbonyl (C=O) groups is 1. The number of primary amides is 1. The van der Waals surface area contributed by atoms with Gasteiger partial charge < -0.3 is 25.2 Å². The molecule has 1 amide bonds. The Morgan fingerprint density at radius 3 is 2.82 bits per heavy atom. The molecule has 0 saturated carbocycles. The lowest BCUT2D eigenvalue weighted by molar-refractivity contribution is -0.460. The van der Waals surface area contributed by atoms with Crippen molar-refractivity contribution in [1.82, 2.24) is 0 Å². The third-order valence-corrected chi connectivity index (χ3v) is 4.12. The molecule has 22 heavy (non-hydrogen) atoms. The Kier molecular flexibility index (Phi) is 5.32. The minimum absolute atomic E-state index is 0.0168. The van der Waals surface area contributed by atoms with Crippen molar-refractivity contribution in [2.75, 3.05) is 13.2 Å². The molecule has 0 aromatic carbocycles. The molecule has 0 bridgehead atoms. The van der Waals surface area contributed by atoms with Gasteiger partial charge >= 0.3 is 12.0 Å². The Bertz CT molecular complexity index is 614. The maximum atomic E-state index is 11.2. The summed E-state index contributed by atoms with van der Waals surface area (Å²) in [4.78, 5) is 11.2. The lowest BCUT2D eigenvalue weighted by Gasteiger charge is -2.13. The van der Waals surface area contributed by atoms with Crippen molar-refractivity contribution in [3.05, 3.63) is 23.9 Å². The fraction of sp³-hybridized carbons (Fsp3) is 0.455. The van der Waals surface area contributed by atoms with E-state index >= 15 is 0 Å². The van der Waals surface area contributed by atoms with Crippen molar-refractivity contribution in [2.24, 2.45) is 5.73 Å². The molecule has 8 nitrogen and oxygen atoms in total. The van der Waals surface area contributed by atoms with Crippen LogP contribution in [-0.4, -0.2) is 58.1 Å². The standard InChI is InChI=1S/C11H13Cl2N2O6P/c12-22(13,19)20-5-7-8(16)9(17)11(21-7)15-3-1-2-6(4-15)10(14)18/h1-2,4,7-9,16-17H,3,5H2,(H-,14,18)/p+1/t7-,8-,9-/m1/s1. The zero-order valence-electron chi connectivity index (χ0n) is 11.1. The van der Waals surface area contributed by atoms with Crippen LogP contribution in [0, 0.1) is 0 Å². The van der Waals surface area contributed by atoms with E-state index in [0.29, 0.717) is 6.54 Å². The minimum Gasteiger partial charge on any atom is -0.437 e. The second-order valence-electron chi connectivity index (χ2n) is 4.64. The van der Waals surface area contributed by atoms with Crippen molar-refractivity contribution in [3.8, 4) is 0 Å². The van der Waals surface area contributed by atoms with E-state index in [-0.39, 0.29) is 18.1 Å². The molecule has 2 rings (SSSR count). The van der Waals surface area contributed by atoms with Crippen LogP contribution in [0.3, 0.4) is 0 Å². The first-order chi connectivity index (χ1) is 10.2. The molecule has 0 unspecified atom stereocenters. The molecular formula is C11H14Cl2N2O6P+. The number of amides is 1. The first-order valence-electron chi connectivity index (χ1n) is 6.17. The van der Waals surface area contributed by atoms with Gasteiger partial charge in [0, 0.05) is 0 Å². The van der Waals surface area contributed by atoms with E-state index in [0.717, 1.165) is 0 Å². The second kappa shape index (κ2) is 6.70. The van der Waals surface area contributed by atoms with Crippen LogP contribution in [0.1, 0.15) is 0 Å². The quantitative estimate of drug-likeness (QED) is 0.474. The van der Waals surface area contributed by atoms with Crippen LogP contribution in [0.15, 0.2) is 23.9 Å². The lowest BCUT2D eigenvalue weighted by Crippen LogP contribution is -2.35. The van der Waals surface area contributed by atoms with Crippen LogP contribution in [0.25, 0.3) is 0 Å². The molecule has 0 radical (unpaired) electrons. The van der Waals surface area contributed by atoms with Gasteiger partial charge in [-0.25, -0.2) is 0 Å². The van der Waals surface area contributed by atoms with Gasteiger partial charge in [0.15, 0.2) is 18.8 Å².